The molecule has 4 rings (SSSR count). The zero-order valence-corrected chi connectivity index (χ0v) is 21.7. The van der Waals surface area contributed by atoms with E-state index >= 15 is 0 Å². The number of amides is 3. The van der Waals surface area contributed by atoms with Crippen molar-refractivity contribution < 1.29 is 14.4 Å². The lowest BCUT2D eigenvalue weighted by Gasteiger charge is -2.36. The van der Waals surface area contributed by atoms with Gasteiger partial charge in [0, 0.05) is 69.4 Å². The van der Waals surface area contributed by atoms with Crippen molar-refractivity contribution in [2.24, 2.45) is 5.92 Å². The van der Waals surface area contributed by atoms with Crippen molar-refractivity contribution in [2.45, 2.75) is 32.7 Å². The highest BCUT2D eigenvalue weighted by Gasteiger charge is 2.30. The van der Waals surface area contributed by atoms with E-state index in [9.17, 15) is 14.4 Å². The average molecular weight is 511 g/mol. The van der Waals surface area contributed by atoms with Gasteiger partial charge in [-0.15, -0.1) is 0 Å². The van der Waals surface area contributed by atoms with Crippen LogP contribution in [0, 0.1) is 5.92 Å². The first-order chi connectivity index (χ1) is 17.4. The van der Waals surface area contributed by atoms with Gasteiger partial charge in [-0.1, -0.05) is 48.0 Å². The van der Waals surface area contributed by atoms with E-state index in [0.29, 0.717) is 57.1 Å². The molecule has 2 aliphatic heterocycles. The lowest BCUT2D eigenvalue weighted by molar-refractivity contribution is -0.136. The number of piperazine rings is 1. The normalized spacial score (nSPS) is 17.3. The molecule has 0 bridgehead atoms. The summed E-state index contributed by atoms with van der Waals surface area (Å²) < 4.78 is 0. The van der Waals surface area contributed by atoms with E-state index in [2.05, 4.69) is 4.90 Å². The number of benzene rings is 2. The van der Waals surface area contributed by atoms with E-state index in [1.165, 1.54) is 0 Å². The van der Waals surface area contributed by atoms with Crippen LogP contribution in [0.3, 0.4) is 0 Å². The van der Waals surface area contributed by atoms with Crippen molar-refractivity contribution in [1.29, 1.82) is 0 Å². The molecule has 2 heterocycles. The van der Waals surface area contributed by atoms with E-state index in [-0.39, 0.29) is 23.6 Å². The van der Waals surface area contributed by atoms with E-state index < -0.39 is 0 Å². The van der Waals surface area contributed by atoms with Gasteiger partial charge in [-0.05, 0) is 43.0 Å². The van der Waals surface area contributed by atoms with E-state index in [0.717, 1.165) is 30.8 Å². The third-order valence-corrected chi connectivity index (χ3v) is 7.38. The summed E-state index contributed by atoms with van der Waals surface area (Å²) in [6, 6.07) is 17.5. The molecule has 2 aliphatic rings. The molecule has 8 heteroatoms. The molecular formula is C28H35ClN4O3. The molecule has 2 saturated heterocycles. The lowest BCUT2D eigenvalue weighted by Crippen LogP contribution is -2.50. The Morgan fingerprint density at radius 3 is 2.42 bits per heavy atom. The van der Waals surface area contributed by atoms with Crippen molar-refractivity contribution in [3.8, 4) is 0 Å². The Hall–Kier alpha value is -2.90. The molecule has 0 unspecified atom stereocenters. The molecule has 0 atom stereocenters. The Bertz CT molecular complexity index is 1060. The number of carbonyl (C=O) groups is 3. The van der Waals surface area contributed by atoms with Crippen LogP contribution < -0.4 is 4.90 Å². The van der Waals surface area contributed by atoms with Gasteiger partial charge in [0.05, 0.1) is 6.54 Å². The van der Waals surface area contributed by atoms with Gasteiger partial charge in [0.2, 0.25) is 17.7 Å². The molecule has 3 amide bonds. The van der Waals surface area contributed by atoms with E-state index in [4.69, 9.17) is 11.6 Å². The Kier molecular flexibility index (Phi) is 8.99. The summed E-state index contributed by atoms with van der Waals surface area (Å²) in [4.78, 5) is 45.7. The number of piperidine rings is 1. The molecule has 2 aromatic rings. The standard InChI is InChI=1S/C28H35ClN4O3/c1-22(34)31-15-11-24(12-16-31)28(36)33(26-10-5-9-25(29)19-26)14-6-13-30-17-18-32(27(35)21-30)20-23-7-3-2-4-8-23/h2-5,7-10,19,24H,6,11-18,20-21H2,1H3. The maximum atomic E-state index is 13.5. The number of carbonyl (C=O) groups excluding carboxylic acids is 3. The quantitative estimate of drug-likeness (QED) is 0.543. The van der Waals surface area contributed by atoms with Crippen LogP contribution in [0.15, 0.2) is 54.6 Å². The van der Waals surface area contributed by atoms with Crippen LogP contribution in [0.1, 0.15) is 31.7 Å². The number of rotatable bonds is 8. The summed E-state index contributed by atoms with van der Waals surface area (Å²) in [5, 5.41) is 0.594. The highest BCUT2D eigenvalue weighted by molar-refractivity contribution is 6.30. The second kappa shape index (κ2) is 12.4. The highest BCUT2D eigenvalue weighted by Crippen LogP contribution is 2.26. The van der Waals surface area contributed by atoms with Crippen LogP contribution in [0.25, 0.3) is 0 Å². The fourth-order valence-electron chi connectivity index (χ4n) is 5.04. The summed E-state index contributed by atoms with van der Waals surface area (Å²) in [5.41, 5.74) is 1.94. The van der Waals surface area contributed by atoms with E-state index in [1.807, 2.05) is 63.2 Å². The molecule has 0 saturated carbocycles. The molecule has 2 aromatic carbocycles. The lowest BCUT2D eigenvalue weighted by atomic mass is 9.94. The molecule has 7 nitrogen and oxygen atoms in total. The first kappa shape index (κ1) is 26.2. The predicted molar refractivity (Wildman–Crippen MR) is 142 cm³/mol. The van der Waals surface area contributed by atoms with Crippen LogP contribution in [0.5, 0.6) is 0 Å². The second-order valence-electron chi connectivity index (χ2n) is 9.68. The van der Waals surface area contributed by atoms with Gasteiger partial charge in [-0.25, -0.2) is 0 Å². The Balaban J connectivity index is 1.32. The monoisotopic (exact) mass is 510 g/mol. The van der Waals surface area contributed by atoms with Crippen molar-refractivity contribution in [3.63, 3.8) is 0 Å². The summed E-state index contributed by atoms with van der Waals surface area (Å²) in [7, 11) is 0. The third-order valence-electron chi connectivity index (χ3n) is 7.15. The Morgan fingerprint density at radius 1 is 1.00 bits per heavy atom. The summed E-state index contributed by atoms with van der Waals surface area (Å²) >= 11 is 6.24. The number of nitrogens with zero attached hydrogens (tertiary/aromatic N) is 4. The maximum absolute atomic E-state index is 13.5. The minimum Gasteiger partial charge on any atom is -0.343 e. The smallest absolute Gasteiger partial charge is 0.237 e. The molecule has 36 heavy (non-hydrogen) atoms. The summed E-state index contributed by atoms with van der Waals surface area (Å²) in [5.74, 6) is 0.183. The van der Waals surface area contributed by atoms with Crippen LogP contribution in [0.2, 0.25) is 5.02 Å². The Morgan fingerprint density at radius 2 is 1.75 bits per heavy atom. The molecule has 2 fully saturated rings. The minimum absolute atomic E-state index is 0.0611. The highest BCUT2D eigenvalue weighted by atomic mass is 35.5. The van der Waals surface area contributed by atoms with Crippen LogP contribution in [-0.2, 0) is 20.9 Å². The largest absolute Gasteiger partial charge is 0.343 e. The number of anilines is 1. The molecule has 0 aromatic heterocycles. The molecule has 0 radical (unpaired) electrons. The van der Waals surface area contributed by atoms with Gasteiger partial charge in [0.1, 0.15) is 0 Å². The van der Waals surface area contributed by atoms with Crippen LogP contribution >= 0.6 is 11.6 Å². The number of likely N-dealkylation sites (tertiary alicyclic amines) is 1. The van der Waals surface area contributed by atoms with Crippen molar-refractivity contribution in [2.75, 3.05) is 50.7 Å². The number of hydrogen-bond donors (Lipinski definition) is 0. The SMILES string of the molecule is CC(=O)N1CCC(C(=O)N(CCCN2CCN(Cc3ccccc3)C(=O)C2)c2cccc(Cl)c2)CC1. The maximum Gasteiger partial charge on any atom is 0.237 e. The minimum atomic E-state index is -0.109. The third kappa shape index (κ3) is 6.86. The van der Waals surface area contributed by atoms with Gasteiger partial charge >= 0.3 is 0 Å². The first-order valence-electron chi connectivity index (χ1n) is 12.8. The van der Waals surface area contributed by atoms with Crippen LogP contribution in [0.4, 0.5) is 5.69 Å². The zero-order valence-electron chi connectivity index (χ0n) is 20.9. The van der Waals surface area contributed by atoms with Crippen molar-refractivity contribution >= 4 is 35.0 Å². The zero-order chi connectivity index (χ0) is 25.5. The second-order valence-corrected chi connectivity index (χ2v) is 10.1. The molecule has 192 valence electrons. The molecule has 0 N–H and O–H groups in total. The van der Waals surface area contributed by atoms with Gasteiger partial charge in [-0.2, -0.15) is 0 Å². The van der Waals surface area contributed by atoms with Crippen LogP contribution in [-0.4, -0.2) is 78.2 Å². The Labute approximate surface area is 218 Å². The molecule has 0 spiro atoms. The van der Waals surface area contributed by atoms with Crippen molar-refractivity contribution in [3.05, 3.63) is 65.2 Å². The fraction of sp³-hybridized carbons (Fsp3) is 0.464. The summed E-state index contributed by atoms with van der Waals surface area (Å²) in [6.07, 6.45) is 2.11. The van der Waals surface area contributed by atoms with E-state index in [1.54, 1.807) is 13.0 Å². The van der Waals surface area contributed by atoms with Gasteiger partial charge < -0.3 is 14.7 Å². The average Bonchev–Trinajstić information content (AvgIpc) is 2.88. The molecule has 0 aliphatic carbocycles. The number of hydrogen-bond acceptors (Lipinski definition) is 4. The predicted octanol–water partition coefficient (Wildman–Crippen LogP) is 3.67. The fourth-order valence-corrected chi connectivity index (χ4v) is 5.23. The van der Waals surface area contributed by atoms with Gasteiger partial charge in [0.15, 0.2) is 0 Å². The summed E-state index contributed by atoms with van der Waals surface area (Å²) in [6.45, 7) is 6.70. The number of halogens is 1. The topological polar surface area (TPSA) is 64.2 Å². The van der Waals surface area contributed by atoms with Gasteiger partial charge in [0.25, 0.3) is 0 Å². The van der Waals surface area contributed by atoms with Crippen molar-refractivity contribution in [1.82, 2.24) is 14.7 Å². The first-order valence-corrected chi connectivity index (χ1v) is 13.1. The molecular weight excluding hydrogens is 476 g/mol. The van der Waals surface area contributed by atoms with Gasteiger partial charge in [-0.3, -0.25) is 19.3 Å².